The quantitative estimate of drug-likeness (QED) is 0.795. The van der Waals surface area contributed by atoms with Crippen LogP contribution in [0.5, 0.6) is 0 Å². The highest BCUT2D eigenvalue weighted by molar-refractivity contribution is 5.82. The molecule has 2 aromatic rings. The molecule has 0 spiro atoms. The van der Waals surface area contributed by atoms with Crippen LogP contribution in [0.2, 0.25) is 0 Å². The van der Waals surface area contributed by atoms with Crippen molar-refractivity contribution in [1.82, 2.24) is 15.2 Å². The number of aromatic nitrogens is 1. The highest BCUT2D eigenvalue weighted by Gasteiger charge is 2.08. The Morgan fingerprint density at radius 1 is 1.19 bits per heavy atom. The third-order valence-corrected chi connectivity index (χ3v) is 3.67. The number of nitrogens with zero attached hydrogens (tertiary/aromatic N) is 2. The number of rotatable bonds is 7. The van der Waals surface area contributed by atoms with Crippen molar-refractivity contribution in [1.29, 1.82) is 0 Å². The number of benzene rings is 1. The van der Waals surface area contributed by atoms with Crippen LogP contribution in [-0.4, -0.2) is 35.4 Å². The first kappa shape index (κ1) is 15.4. The third kappa shape index (κ3) is 4.26. The summed E-state index contributed by atoms with van der Waals surface area (Å²) in [5.74, 6) is 0.220. The molecule has 0 fully saturated rings. The van der Waals surface area contributed by atoms with Crippen LogP contribution in [-0.2, 0) is 11.3 Å². The van der Waals surface area contributed by atoms with E-state index in [2.05, 4.69) is 28.5 Å². The summed E-state index contributed by atoms with van der Waals surface area (Å²) in [4.78, 5) is 17.8. The average molecular weight is 285 g/mol. The molecule has 0 atom stereocenters. The number of fused-ring (bicyclic) bond motifs is 1. The van der Waals surface area contributed by atoms with Gasteiger partial charge in [-0.2, -0.15) is 0 Å². The molecule has 0 saturated heterocycles. The first-order valence-corrected chi connectivity index (χ1v) is 7.55. The first-order valence-electron chi connectivity index (χ1n) is 7.55. The molecule has 4 heteroatoms. The first-order chi connectivity index (χ1) is 10.2. The molecule has 2 rings (SSSR count). The molecule has 0 aliphatic rings. The fourth-order valence-electron chi connectivity index (χ4n) is 2.41. The molecule has 112 valence electrons. The second-order valence-electron chi connectivity index (χ2n) is 5.05. The number of carbonyl (C=O) groups excluding carboxylic acids is 1. The van der Waals surface area contributed by atoms with E-state index in [1.807, 2.05) is 37.2 Å². The van der Waals surface area contributed by atoms with Gasteiger partial charge in [0, 0.05) is 50.4 Å². The van der Waals surface area contributed by atoms with Gasteiger partial charge in [0.15, 0.2) is 0 Å². The van der Waals surface area contributed by atoms with Gasteiger partial charge in [-0.05, 0) is 36.9 Å². The number of hydrogen-bond acceptors (Lipinski definition) is 3. The van der Waals surface area contributed by atoms with Crippen LogP contribution >= 0.6 is 0 Å². The van der Waals surface area contributed by atoms with Crippen molar-refractivity contribution in [3.8, 4) is 0 Å². The third-order valence-electron chi connectivity index (χ3n) is 3.67. The van der Waals surface area contributed by atoms with Gasteiger partial charge >= 0.3 is 0 Å². The molecule has 0 radical (unpaired) electrons. The lowest BCUT2D eigenvalue weighted by atomic mass is 10.1. The fraction of sp³-hybridized carbons (Fsp3) is 0.412. The zero-order chi connectivity index (χ0) is 15.1. The van der Waals surface area contributed by atoms with Crippen LogP contribution in [0.3, 0.4) is 0 Å². The fourth-order valence-corrected chi connectivity index (χ4v) is 2.41. The summed E-state index contributed by atoms with van der Waals surface area (Å²) < 4.78 is 0. The Bertz CT molecular complexity index is 593. The molecule has 1 aromatic carbocycles. The van der Waals surface area contributed by atoms with Crippen LogP contribution in [0.25, 0.3) is 10.8 Å². The summed E-state index contributed by atoms with van der Waals surface area (Å²) in [6.45, 7) is 7.09. The van der Waals surface area contributed by atoms with Gasteiger partial charge in [-0.15, -0.1) is 0 Å². The maximum atomic E-state index is 11.9. The number of carbonyl (C=O) groups is 1. The van der Waals surface area contributed by atoms with Gasteiger partial charge in [-0.25, -0.2) is 0 Å². The molecule has 0 bridgehead atoms. The van der Waals surface area contributed by atoms with E-state index in [0.717, 1.165) is 25.0 Å². The Balaban J connectivity index is 1.81. The summed E-state index contributed by atoms with van der Waals surface area (Å²) in [5, 5.41) is 5.69. The minimum Gasteiger partial charge on any atom is -0.343 e. The van der Waals surface area contributed by atoms with Crippen molar-refractivity contribution in [2.75, 3.05) is 19.6 Å². The van der Waals surface area contributed by atoms with Crippen molar-refractivity contribution in [3.63, 3.8) is 0 Å². The van der Waals surface area contributed by atoms with Crippen LogP contribution in [0.1, 0.15) is 25.8 Å². The summed E-state index contributed by atoms with van der Waals surface area (Å²) >= 11 is 0. The van der Waals surface area contributed by atoms with Gasteiger partial charge in [0.05, 0.1) is 0 Å². The van der Waals surface area contributed by atoms with E-state index >= 15 is 0 Å². The van der Waals surface area contributed by atoms with E-state index in [-0.39, 0.29) is 5.91 Å². The van der Waals surface area contributed by atoms with Gasteiger partial charge < -0.3 is 10.2 Å². The van der Waals surface area contributed by atoms with Crippen molar-refractivity contribution < 1.29 is 4.79 Å². The van der Waals surface area contributed by atoms with Crippen molar-refractivity contribution >= 4 is 16.7 Å². The molecule has 1 N–H and O–H groups in total. The Morgan fingerprint density at radius 2 is 2.00 bits per heavy atom. The van der Waals surface area contributed by atoms with Crippen molar-refractivity contribution in [2.45, 2.75) is 26.8 Å². The van der Waals surface area contributed by atoms with Crippen LogP contribution in [0, 0.1) is 0 Å². The number of pyridine rings is 1. The van der Waals surface area contributed by atoms with E-state index in [0.29, 0.717) is 13.0 Å². The highest BCUT2D eigenvalue weighted by atomic mass is 16.2. The maximum absolute atomic E-state index is 11.9. The molecule has 0 aliphatic heterocycles. The van der Waals surface area contributed by atoms with E-state index in [9.17, 15) is 4.79 Å². The second-order valence-corrected chi connectivity index (χ2v) is 5.05. The van der Waals surface area contributed by atoms with Crippen LogP contribution < -0.4 is 5.32 Å². The lowest BCUT2D eigenvalue weighted by Gasteiger charge is -2.18. The van der Waals surface area contributed by atoms with E-state index in [4.69, 9.17) is 0 Å². The van der Waals surface area contributed by atoms with Gasteiger partial charge in [-0.3, -0.25) is 9.78 Å². The SMILES string of the molecule is CCN(CC)C(=O)CCNCc1ccc2cnccc2c1. The molecule has 21 heavy (non-hydrogen) atoms. The molecular weight excluding hydrogens is 262 g/mol. The van der Waals surface area contributed by atoms with Crippen LogP contribution in [0.15, 0.2) is 36.7 Å². The molecule has 0 aliphatic carbocycles. The van der Waals surface area contributed by atoms with Gasteiger partial charge in [0.1, 0.15) is 0 Å². The largest absolute Gasteiger partial charge is 0.343 e. The van der Waals surface area contributed by atoms with Gasteiger partial charge in [0.2, 0.25) is 5.91 Å². The Labute approximate surface area is 126 Å². The standard InChI is InChI=1S/C17H23N3O/c1-3-20(4-2)17(21)8-10-18-12-14-5-6-16-13-19-9-7-15(16)11-14/h5-7,9,11,13,18H,3-4,8,10,12H2,1-2H3. The maximum Gasteiger partial charge on any atom is 0.223 e. The molecule has 0 unspecified atom stereocenters. The molecule has 1 aromatic heterocycles. The van der Waals surface area contributed by atoms with E-state index < -0.39 is 0 Å². The summed E-state index contributed by atoms with van der Waals surface area (Å²) in [6, 6.07) is 8.36. The lowest BCUT2D eigenvalue weighted by Crippen LogP contribution is -2.32. The van der Waals surface area contributed by atoms with Crippen LogP contribution in [0.4, 0.5) is 0 Å². The second kappa shape index (κ2) is 7.74. The van der Waals surface area contributed by atoms with Crippen molar-refractivity contribution in [3.05, 3.63) is 42.2 Å². The molecular formula is C17H23N3O. The lowest BCUT2D eigenvalue weighted by molar-refractivity contribution is -0.130. The predicted molar refractivity (Wildman–Crippen MR) is 86.0 cm³/mol. The smallest absolute Gasteiger partial charge is 0.223 e. The Hall–Kier alpha value is -1.94. The summed E-state index contributed by atoms with van der Waals surface area (Å²) in [6.07, 6.45) is 4.23. The van der Waals surface area contributed by atoms with Gasteiger partial charge in [0.25, 0.3) is 0 Å². The molecule has 0 saturated carbocycles. The van der Waals surface area contributed by atoms with Gasteiger partial charge in [-0.1, -0.05) is 12.1 Å². The van der Waals surface area contributed by atoms with E-state index in [1.54, 1.807) is 0 Å². The minimum atomic E-state index is 0.220. The number of amides is 1. The normalized spacial score (nSPS) is 10.8. The summed E-state index contributed by atoms with van der Waals surface area (Å²) in [7, 11) is 0. The molecule has 1 heterocycles. The van der Waals surface area contributed by atoms with Crippen molar-refractivity contribution in [2.24, 2.45) is 0 Å². The molecule has 4 nitrogen and oxygen atoms in total. The predicted octanol–water partition coefficient (Wildman–Crippen LogP) is 2.58. The number of nitrogens with one attached hydrogen (secondary N) is 1. The minimum absolute atomic E-state index is 0.220. The average Bonchev–Trinajstić information content (AvgIpc) is 2.52. The summed E-state index contributed by atoms with van der Waals surface area (Å²) in [5.41, 5.74) is 1.23. The zero-order valence-electron chi connectivity index (χ0n) is 12.8. The highest BCUT2D eigenvalue weighted by Crippen LogP contribution is 2.14. The monoisotopic (exact) mass is 285 g/mol. The topological polar surface area (TPSA) is 45.2 Å². The Kier molecular flexibility index (Phi) is 5.69. The van der Waals surface area contributed by atoms with E-state index in [1.165, 1.54) is 10.9 Å². The zero-order valence-corrected chi connectivity index (χ0v) is 12.8. The molecule has 1 amide bonds. The number of hydrogen-bond donors (Lipinski definition) is 1. The Morgan fingerprint density at radius 3 is 2.76 bits per heavy atom.